The quantitative estimate of drug-likeness (QED) is 0.734. The summed E-state index contributed by atoms with van der Waals surface area (Å²) in [5.74, 6) is 0.171. The SMILES string of the molecule is CCS(=O)(=O)Nc1ccc(C2(C(=O)N(C)Cc3ccccc3)CCCCC2)cc1. The molecule has 0 bridgehead atoms. The third-order valence-corrected chi connectivity index (χ3v) is 7.12. The average Bonchev–Trinajstić information content (AvgIpc) is 2.74. The van der Waals surface area contributed by atoms with Crippen molar-refractivity contribution in [1.82, 2.24) is 4.90 Å². The molecule has 1 amide bonds. The largest absolute Gasteiger partial charge is 0.341 e. The third-order valence-electron chi connectivity index (χ3n) is 5.82. The smallest absolute Gasteiger partial charge is 0.233 e. The highest BCUT2D eigenvalue weighted by atomic mass is 32.2. The van der Waals surface area contributed by atoms with Gasteiger partial charge in [0.15, 0.2) is 0 Å². The molecule has 1 N–H and O–H groups in total. The van der Waals surface area contributed by atoms with Crippen LogP contribution in [0.2, 0.25) is 0 Å². The second-order valence-electron chi connectivity index (χ2n) is 7.87. The molecule has 1 aliphatic rings. The van der Waals surface area contributed by atoms with Crippen LogP contribution in [0, 0.1) is 0 Å². The van der Waals surface area contributed by atoms with Crippen molar-refractivity contribution >= 4 is 21.6 Å². The average molecular weight is 415 g/mol. The van der Waals surface area contributed by atoms with Gasteiger partial charge in [-0.15, -0.1) is 0 Å². The van der Waals surface area contributed by atoms with E-state index in [-0.39, 0.29) is 11.7 Å². The summed E-state index contributed by atoms with van der Waals surface area (Å²) < 4.78 is 26.2. The summed E-state index contributed by atoms with van der Waals surface area (Å²) in [6.45, 7) is 2.19. The van der Waals surface area contributed by atoms with Crippen LogP contribution in [0.15, 0.2) is 54.6 Å². The van der Waals surface area contributed by atoms with Gasteiger partial charge < -0.3 is 4.90 Å². The van der Waals surface area contributed by atoms with Crippen LogP contribution in [-0.2, 0) is 26.8 Å². The van der Waals surface area contributed by atoms with Crippen LogP contribution in [0.3, 0.4) is 0 Å². The van der Waals surface area contributed by atoms with Crippen molar-refractivity contribution in [1.29, 1.82) is 0 Å². The lowest BCUT2D eigenvalue weighted by Gasteiger charge is -2.39. The fourth-order valence-electron chi connectivity index (χ4n) is 4.18. The molecule has 1 saturated carbocycles. The van der Waals surface area contributed by atoms with E-state index in [2.05, 4.69) is 4.72 Å². The van der Waals surface area contributed by atoms with Crippen molar-refractivity contribution in [2.75, 3.05) is 17.5 Å². The number of benzene rings is 2. The monoisotopic (exact) mass is 414 g/mol. The molecule has 0 aliphatic heterocycles. The summed E-state index contributed by atoms with van der Waals surface area (Å²) in [6.07, 6.45) is 4.84. The van der Waals surface area contributed by atoms with Crippen molar-refractivity contribution in [3.63, 3.8) is 0 Å². The highest BCUT2D eigenvalue weighted by molar-refractivity contribution is 7.92. The molecule has 2 aromatic rings. The van der Waals surface area contributed by atoms with Crippen molar-refractivity contribution in [2.24, 2.45) is 0 Å². The fourth-order valence-corrected chi connectivity index (χ4v) is 4.82. The molecule has 3 rings (SSSR count). The Labute approximate surface area is 174 Å². The van der Waals surface area contributed by atoms with Crippen LogP contribution in [-0.4, -0.2) is 32.0 Å². The molecule has 1 fully saturated rings. The van der Waals surface area contributed by atoms with Gasteiger partial charge in [0.1, 0.15) is 0 Å². The highest BCUT2D eigenvalue weighted by Crippen LogP contribution is 2.41. The minimum Gasteiger partial charge on any atom is -0.341 e. The lowest BCUT2D eigenvalue weighted by atomic mass is 9.68. The summed E-state index contributed by atoms with van der Waals surface area (Å²) in [5, 5.41) is 0. The molecule has 0 spiro atoms. The zero-order valence-electron chi connectivity index (χ0n) is 17.2. The van der Waals surface area contributed by atoms with E-state index in [1.165, 1.54) is 0 Å². The Balaban J connectivity index is 1.85. The Hall–Kier alpha value is -2.34. The van der Waals surface area contributed by atoms with Gasteiger partial charge in [-0.2, -0.15) is 0 Å². The van der Waals surface area contributed by atoms with Crippen molar-refractivity contribution < 1.29 is 13.2 Å². The normalized spacial score (nSPS) is 16.2. The number of sulfonamides is 1. The Morgan fingerprint density at radius 3 is 2.21 bits per heavy atom. The van der Waals surface area contributed by atoms with Gasteiger partial charge in [0.2, 0.25) is 15.9 Å². The number of anilines is 1. The Kier molecular flexibility index (Phi) is 6.63. The van der Waals surface area contributed by atoms with Gasteiger partial charge in [-0.25, -0.2) is 8.42 Å². The van der Waals surface area contributed by atoms with Gasteiger partial charge >= 0.3 is 0 Å². The molecule has 2 aromatic carbocycles. The topological polar surface area (TPSA) is 66.5 Å². The summed E-state index contributed by atoms with van der Waals surface area (Å²) in [5.41, 5.74) is 2.08. The molecular weight excluding hydrogens is 384 g/mol. The van der Waals surface area contributed by atoms with E-state index in [1.807, 2.05) is 54.4 Å². The van der Waals surface area contributed by atoms with Gasteiger partial charge in [0.25, 0.3) is 0 Å². The second kappa shape index (κ2) is 8.99. The molecule has 29 heavy (non-hydrogen) atoms. The van der Waals surface area contributed by atoms with Gasteiger partial charge in [0.05, 0.1) is 11.2 Å². The van der Waals surface area contributed by atoms with Crippen molar-refractivity contribution in [3.8, 4) is 0 Å². The number of nitrogens with one attached hydrogen (secondary N) is 1. The highest BCUT2D eigenvalue weighted by Gasteiger charge is 2.42. The minimum absolute atomic E-state index is 0.0292. The first-order chi connectivity index (χ1) is 13.9. The zero-order chi connectivity index (χ0) is 20.9. The maximum absolute atomic E-state index is 13.6. The molecule has 156 valence electrons. The van der Waals surface area contributed by atoms with Crippen LogP contribution in [0.1, 0.15) is 50.2 Å². The number of hydrogen-bond acceptors (Lipinski definition) is 3. The van der Waals surface area contributed by atoms with Gasteiger partial charge in [0, 0.05) is 19.3 Å². The van der Waals surface area contributed by atoms with Crippen molar-refractivity contribution in [2.45, 2.75) is 51.0 Å². The fraction of sp³-hybridized carbons (Fsp3) is 0.435. The first-order valence-electron chi connectivity index (χ1n) is 10.3. The number of carbonyl (C=O) groups is 1. The third kappa shape index (κ3) is 4.99. The number of amides is 1. The lowest BCUT2D eigenvalue weighted by Crippen LogP contribution is -2.46. The summed E-state index contributed by atoms with van der Waals surface area (Å²) in [6, 6.07) is 17.4. The minimum atomic E-state index is -3.32. The number of rotatable bonds is 7. The maximum atomic E-state index is 13.6. The molecule has 0 saturated heterocycles. The second-order valence-corrected chi connectivity index (χ2v) is 9.88. The Bertz CT molecular complexity index is 918. The summed E-state index contributed by atoms with van der Waals surface area (Å²) in [4.78, 5) is 15.4. The predicted molar refractivity (Wildman–Crippen MR) is 117 cm³/mol. The molecule has 1 aliphatic carbocycles. The molecule has 5 nitrogen and oxygen atoms in total. The molecule has 6 heteroatoms. The van der Waals surface area contributed by atoms with Gasteiger partial charge in [-0.1, -0.05) is 61.7 Å². The molecule has 0 radical (unpaired) electrons. The number of likely N-dealkylation sites (N-methyl/N-ethyl adjacent to an activating group) is 1. The van der Waals surface area contributed by atoms with E-state index in [0.29, 0.717) is 12.2 Å². The summed E-state index contributed by atoms with van der Waals surface area (Å²) in [7, 11) is -1.44. The van der Waals surface area contributed by atoms with E-state index >= 15 is 0 Å². The van der Waals surface area contributed by atoms with E-state index in [4.69, 9.17) is 0 Å². The van der Waals surface area contributed by atoms with E-state index in [0.717, 1.165) is 43.2 Å². The van der Waals surface area contributed by atoms with Crippen LogP contribution in [0.5, 0.6) is 0 Å². The molecule has 0 aromatic heterocycles. The van der Waals surface area contributed by atoms with E-state index < -0.39 is 15.4 Å². The Morgan fingerprint density at radius 1 is 1.00 bits per heavy atom. The first-order valence-corrected chi connectivity index (χ1v) is 11.9. The van der Waals surface area contributed by atoms with E-state index in [9.17, 15) is 13.2 Å². The molecule has 0 atom stereocenters. The van der Waals surface area contributed by atoms with Gasteiger partial charge in [-0.3, -0.25) is 9.52 Å². The van der Waals surface area contributed by atoms with Crippen LogP contribution >= 0.6 is 0 Å². The van der Waals surface area contributed by atoms with Crippen molar-refractivity contribution in [3.05, 3.63) is 65.7 Å². The first kappa shape index (κ1) is 21.4. The molecule has 0 unspecified atom stereocenters. The summed E-state index contributed by atoms with van der Waals surface area (Å²) >= 11 is 0. The zero-order valence-corrected chi connectivity index (χ0v) is 18.0. The maximum Gasteiger partial charge on any atom is 0.233 e. The molecular formula is C23H30N2O3S. The predicted octanol–water partition coefficient (Wildman–Crippen LogP) is 4.31. The standard InChI is InChI=1S/C23H30N2O3S/c1-3-29(27,28)24-21-14-12-20(13-15-21)23(16-8-5-9-17-23)22(26)25(2)18-19-10-6-4-7-11-19/h4,6-7,10-15,24H,3,5,8-9,16-18H2,1-2H3. The van der Waals surface area contributed by atoms with Crippen LogP contribution in [0.25, 0.3) is 0 Å². The lowest BCUT2D eigenvalue weighted by molar-refractivity contribution is -0.138. The number of nitrogens with zero attached hydrogens (tertiary/aromatic N) is 1. The van der Waals surface area contributed by atoms with Crippen LogP contribution < -0.4 is 4.72 Å². The van der Waals surface area contributed by atoms with Crippen LogP contribution in [0.4, 0.5) is 5.69 Å². The van der Waals surface area contributed by atoms with E-state index in [1.54, 1.807) is 19.1 Å². The van der Waals surface area contributed by atoms with Gasteiger partial charge in [-0.05, 0) is 43.0 Å². The Morgan fingerprint density at radius 2 is 1.62 bits per heavy atom. The number of carbonyl (C=O) groups excluding carboxylic acids is 1. The number of hydrogen-bond donors (Lipinski definition) is 1. The molecule has 0 heterocycles.